The number of aromatic nitrogens is 3. The molecule has 4 rings (SSSR count). The molecule has 1 aliphatic heterocycles. The summed E-state index contributed by atoms with van der Waals surface area (Å²) in [6.07, 6.45) is 12.0. The molecule has 0 saturated carbocycles. The Morgan fingerprint density at radius 3 is 2.46 bits per heavy atom. The monoisotopic (exact) mass is 530 g/mol. The van der Waals surface area contributed by atoms with Crippen molar-refractivity contribution in [1.29, 1.82) is 0 Å². The summed E-state index contributed by atoms with van der Waals surface area (Å²) in [5, 5.41) is 1.33. The van der Waals surface area contributed by atoms with Crippen LogP contribution in [0.15, 0.2) is 54.9 Å². The number of ether oxygens (including phenoxy) is 1. The molecule has 8 heteroatoms. The minimum Gasteiger partial charge on any atom is -0.464 e. The van der Waals surface area contributed by atoms with Crippen molar-refractivity contribution in [3.8, 4) is 16.9 Å². The number of piperidine rings is 1. The second kappa shape index (κ2) is 13.0. The second-order valence-corrected chi connectivity index (χ2v) is 10.4. The normalized spacial score (nSPS) is 14.6. The predicted octanol–water partition coefficient (Wildman–Crippen LogP) is 5.09. The molecule has 3 aromatic heterocycles. The summed E-state index contributed by atoms with van der Waals surface area (Å²) in [5.74, 6) is 2.24. The number of hydrogen-bond donors (Lipinski definition) is 0. The lowest BCUT2D eigenvalue weighted by atomic mass is 9.93. The third-order valence-corrected chi connectivity index (χ3v) is 7.85. The van der Waals surface area contributed by atoms with E-state index in [4.69, 9.17) is 9.72 Å². The van der Waals surface area contributed by atoms with Crippen LogP contribution in [0, 0.1) is 5.92 Å². The van der Waals surface area contributed by atoms with Gasteiger partial charge in [0.25, 0.3) is 5.56 Å². The smallest absolute Gasteiger partial charge is 0.264 e. The number of nitrogens with zero attached hydrogens (tertiary/aromatic N) is 6. The molecule has 4 heterocycles. The second-order valence-electron chi connectivity index (χ2n) is 10.4. The summed E-state index contributed by atoms with van der Waals surface area (Å²) in [5.41, 5.74) is 2.44. The maximum atomic E-state index is 13.0. The van der Waals surface area contributed by atoms with Crippen molar-refractivity contribution < 1.29 is 4.74 Å². The molecule has 0 radical (unpaired) electrons. The minimum atomic E-state index is -0.158. The van der Waals surface area contributed by atoms with Gasteiger partial charge in [-0.05, 0) is 70.0 Å². The zero-order valence-corrected chi connectivity index (χ0v) is 23.9. The first kappa shape index (κ1) is 28.5. The van der Waals surface area contributed by atoms with Gasteiger partial charge in [0.05, 0.1) is 17.3 Å². The van der Waals surface area contributed by atoms with Crippen molar-refractivity contribution in [3.05, 3.63) is 66.2 Å². The Morgan fingerprint density at radius 1 is 1.08 bits per heavy atom. The summed E-state index contributed by atoms with van der Waals surface area (Å²) in [6, 6.07) is 3.93. The van der Waals surface area contributed by atoms with Gasteiger partial charge in [0.15, 0.2) is 0 Å². The first-order valence-corrected chi connectivity index (χ1v) is 13.9. The molecule has 0 bridgehead atoms. The maximum Gasteiger partial charge on any atom is 0.264 e. The molecule has 1 fully saturated rings. The standard InChI is InChI=1S/C31H42N6O2/c1-7-35(8-2)14-11-23-12-15-36(16-13-23)22-28-29(39-10-4)17-24(19-32-28)27-21-37(9-3)31(38)26-20-33-30(34(5)6)18-25(26)27/h9-10,17-21,23H,3-4,7-8,11-16,22H2,1-2,5-6H3. The Labute approximate surface area is 232 Å². The third kappa shape index (κ3) is 6.57. The number of fused-ring (bicyclic) bond motifs is 1. The van der Waals surface area contributed by atoms with Gasteiger partial charge in [-0.2, -0.15) is 0 Å². The predicted molar refractivity (Wildman–Crippen MR) is 161 cm³/mol. The van der Waals surface area contributed by atoms with Crippen LogP contribution in [0.4, 0.5) is 5.82 Å². The van der Waals surface area contributed by atoms with Crippen molar-refractivity contribution in [2.24, 2.45) is 5.92 Å². The van der Waals surface area contributed by atoms with E-state index in [-0.39, 0.29) is 5.56 Å². The van der Waals surface area contributed by atoms with Gasteiger partial charge < -0.3 is 14.5 Å². The van der Waals surface area contributed by atoms with Crippen LogP contribution >= 0.6 is 0 Å². The molecule has 0 unspecified atom stereocenters. The Bertz CT molecular complexity index is 1350. The molecular formula is C31H42N6O2. The van der Waals surface area contributed by atoms with Crippen LogP contribution in [-0.4, -0.2) is 71.2 Å². The molecule has 208 valence electrons. The topological polar surface area (TPSA) is 66.7 Å². The van der Waals surface area contributed by atoms with E-state index in [0.29, 0.717) is 11.1 Å². The zero-order valence-electron chi connectivity index (χ0n) is 23.9. The van der Waals surface area contributed by atoms with Crippen LogP contribution in [0.1, 0.15) is 38.8 Å². The largest absolute Gasteiger partial charge is 0.464 e. The molecule has 0 N–H and O–H groups in total. The van der Waals surface area contributed by atoms with Crippen LogP contribution in [0.3, 0.4) is 0 Å². The van der Waals surface area contributed by atoms with Gasteiger partial charge in [0, 0.05) is 61.9 Å². The van der Waals surface area contributed by atoms with Crippen LogP contribution in [0.25, 0.3) is 28.1 Å². The van der Waals surface area contributed by atoms with E-state index in [2.05, 4.69) is 41.8 Å². The van der Waals surface area contributed by atoms with E-state index in [0.717, 1.165) is 66.7 Å². The lowest BCUT2D eigenvalue weighted by Gasteiger charge is -2.33. The van der Waals surface area contributed by atoms with Gasteiger partial charge in [-0.3, -0.25) is 19.2 Å². The van der Waals surface area contributed by atoms with Crippen LogP contribution < -0.4 is 15.2 Å². The molecule has 0 amide bonds. The maximum absolute atomic E-state index is 13.0. The number of rotatable bonds is 12. The van der Waals surface area contributed by atoms with Crippen LogP contribution in [0.5, 0.6) is 5.75 Å². The SMILES string of the molecule is C=COc1cc(-c2cn(C=C)c(=O)c3cnc(N(C)C)cc23)cnc1CN1CCC(CCN(CC)CC)CC1. The van der Waals surface area contributed by atoms with E-state index < -0.39 is 0 Å². The van der Waals surface area contributed by atoms with Crippen LogP contribution in [0.2, 0.25) is 0 Å². The summed E-state index contributed by atoms with van der Waals surface area (Å²) in [7, 11) is 3.86. The Balaban J connectivity index is 1.58. The van der Waals surface area contributed by atoms with E-state index in [1.165, 1.54) is 42.8 Å². The van der Waals surface area contributed by atoms with E-state index in [1.807, 2.05) is 37.3 Å². The highest BCUT2D eigenvalue weighted by atomic mass is 16.5. The van der Waals surface area contributed by atoms with Gasteiger partial charge >= 0.3 is 0 Å². The van der Waals surface area contributed by atoms with Crippen molar-refractivity contribution in [2.75, 3.05) is 51.7 Å². The van der Waals surface area contributed by atoms with E-state index in [9.17, 15) is 4.79 Å². The summed E-state index contributed by atoms with van der Waals surface area (Å²) >= 11 is 0. The average molecular weight is 531 g/mol. The quantitative estimate of drug-likeness (QED) is 0.302. The first-order chi connectivity index (χ1) is 18.9. The summed E-state index contributed by atoms with van der Waals surface area (Å²) in [6.45, 7) is 18.4. The number of anilines is 1. The first-order valence-electron chi connectivity index (χ1n) is 13.9. The van der Waals surface area contributed by atoms with Gasteiger partial charge in [-0.25, -0.2) is 4.98 Å². The lowest BCUT2D eigenvalue weighted by Crippen LogP contribution is -2.35. The molecule has 3 aromatic rings. The number of hydrogen-bond acceptors (Lipinski definition) is 7. The van der Waals surface area contributed by atoms with E-state index in [1.54, 1.807) is 12.4 Å². The highest BCUT2D eigenvalue weighted by Crippen LogP contribution is 2.32. The van der Waals surface area contributed by atoms with Crippen molar-refractivity contribution >= 4 is 22.8 Å². The Hall–Kier alpha value is -3.49. The Kier molecular flexibility index (Phi) is 9.54. The molecule has 8 nitrogen and oxygen atoms in total. The summed E-state index contributed by atoms with van der Waals surface area (Å²) < 4.78 is 7.35. The van der Waals surface area contributed by atoms with Gasteiger partial charge in [0.1, 0.15) is 11.6 Å². The number of pyridine rings is 3. The van der Waals surface area contributed by atoms with Crippen molar-refractivity contribution in [2.45, 2.75) is 39.7 Å². The van der Waals surface area contributed by atoms with Crippen LogP contribution in [-0.2, 0) is 6.54 Å². The molecule has 0 spiro atoms. The van der Waals surface area contributed by atoms with Crippen molar-refractivity contribution in [3.63, 3.8) is 0 Å². The lowest BCUT2D eigenvalue weighted by molar-refractivity contribution is 0.158. The fraction of sp³-hybridized carbons (Fsp3) is 0.452. The zero-order chi connectivity index (χ0) is 27.9. The minimum absolute atomic E-state index is 0.158. The van der Waals surface area contributed by atoms with Crippen molar-refractivity contribution in [1.82, 2.24) is 24.3 Å². The highest BCUT2D eigenvalue weighted by molar-refractivity contribution is 5.97. The number of likely N-dealkylation sites (tertiary alicyclic amines) is 1. The van der Waals surface area contributed by atoms with Gasteiger partial charge in [-0.15, -0.1) is 0 Å². The van der Waals surface area contributed by atoms with E-state index >= 15 is 0 Å². The molecular weight excluding hydrogens is 488 g/mol. The summed E-state index contributed by atoms with van der Waals surface area (Å²) in [4.78, 5) is 29.2. The van der Waals surface area contributed by atoms with Gasteiger partial charge in [-0.1, -0.05) is 27.0 Å². The Morgan fingerprint density at radius 2 is 1.82 bits per heavy atom. The third-order valence-electron chi connectivity index (χ3n) is 7.85. The molecule has 39 heavy (non-hydrogen) atoms. The molecule has 0 atom stereocenters. The van der Waals surface area contributed by atoms with Gasteiger partial charge in [0.2, 0.25) is 0 Å². The highest BCUT2D eigenvalue weighted by Gasteiger charge is 2.22. The molecule has 1 saturated heterocycles. The average Bonchev–Trinajstić information content (AvgIpc) is 2.95. The fourth-order valence-corrected chi connectivity index (χ4v) is 5.33. The molecule has 1 aliphatic rings. The fourth-order valence-electron chi connectivity index (χ4n) is 5.33. The molecule has 0 aromatic carbocycles. The molecule has 0 aliphatic carbocycles.